The highest BCUT2D eigenvalue weighted by molar-refractivity contribution is 5.89. The molecule has 6 heteroatoms. The Hall–Kier alpha value is -3.67. The van der Waals surface area contributed by atoms with Gasteiger partial charge in [-0.25, -0.2) is 0 Å². The van der Waals surface area contributed by atoms with E-state index in [1.165, 1.54) is 0 Å². The van der Waals surface area contributed by atoms with Gasteiger partial charge in [0.2, 0.25) is 0 Å². The van der Waals surface area contributed by atoms with Crippen LogP contribution in [0, 0.1) is 0 Å². The number of aromatic nitrogens is 5. The van der Waals surface area contributed by atoms with Crippen LogP contribution < -0.4 is 4.74 Å². The Balaban J connectivity index is 1.48. The van der Waals surface area contributed by atoms with E-state index in [2.05, 4.69) is 16.9 Å². The molecule has 0 radical (unpaired) electrons. The van der Waals surface area contributed by atoms with Crippen LogP contribution in [0.4, 0.5) is 0 Å². The van der Waals surface area contributed by atoms with Crippen LogP contribution in [0.25, 0.3) is 33.3 Å². The van der Waals surface area contributed by atoms with Crippen molar-refractivity contribution >= 4 is 22.1 Å². The molecule has 2 aromatic carbocycles. The first kappa shape index (κ1) is 16.5. The van der Waals surface area contributed by atoms with E-state index in [9.17, 15) is 0 Å². The molecule has 6 nitrogen and oxygen atoms in total. The monoisotopic (exact) mass is 369 g/mol. The van der Waals surface area contributed by atoms with Gasteiger partial charge >= 0.3 is 6.01 Å². The number of hydrogen-bond acceptors (Lipinski definition) is 4. The minimum atomic E-state index is 0.566. The van der Waals surface area contributed by atoms with Crippen molar-refractivity contribution in [1.82, 2.24) is 24.3 Å². The maximum absolute atomic E-state index is 6.01. The number of benzene rings is 2. The number of fused-ring (bicyclic) bond motifs is 2. The molecule has 0 bridgehead atoms. The zero-order chi connectivity index (χ0) is 19.1. The molecule has 0 fully saturated rings. The van der Waals surface area contributed by atoms with Crippen molar-refractivity contribution in [2.24, 2.45) is 7.05 Å². The summed E-state index contributed by atoms with van der Waals surface area (Å²) in [5, 5.41) is 4.73. The minimum absolute atomic E-state index is 0.566. The van der Waals surface area contributed by atoms with Crippen LogP contribution in [0.2, 0.25) is 0 Å². The third-order valence-corrected chi connectivity index (χ3v) is 4.89. The van der Waals surface area contributed by atoms with E-state index in [4.69, 9.17) is 9.84 Å². The van der Waals surface area contributed by atoms with Gasteiger partial charge in [0.15, 0.2) is 0 Å². The minimum Gasteiger partial charge on any atom is -0.426 e. The summed E-state index contributed by atoms with van der Waals surface area (Å²) in [5.41, 5.74) is 5.80. The number of aryl methyl sites for hydroxylation is 2. The summed E-state index contributed by atoms with van der Waals surface area (Å²) in [6.45, 7) is 2.88. The number of rotatable bonds is 4. The predicted molar refractivity (Wildman–Crippen MR) is 109 cm³/mol. The van der Waals surface area contributed by atoms with Crippen LogP contribution in [0.1, 0.15) is 6.92 Å². The second kappa shape index (κ2) is 6.49. The Bertz CT molecular complexity index is 1280. The van der Waals surface area contributed by atoms with Crippen LogP contribution in [0.5, 0.6) is 11.8 Å². The normalized spacial score (nSPS) is 11.4. The summed E-state index contributed by atoms with van der Waals surface area (Å²) in [4.78, 5) is 9.08. The topological polar surface area (TPSA) is 57.8 Å². The van der Waals surface area contributed by atoms with Crippen molar-refractivity contribution in [3.8, 4) is 23.0 Å². The fraction of sp³-hybridized carbons (Fsp3) is 0.136. The molecule has 138 valence electrons. The van der Waals surface area contributed by atoms with Crippen molar-refractivity contribution in [2.75, 3.05) is 0 Å². The Morgan fingerprint density at radius 1 is 0.929 bits per heavy atom. The third-order valence-electron chi connectivity index (χ3n) is 4.89. The standard InChI is InChI=1S/C22H19N5O/c1-3-27-19-9-6-14-23-21(19)20(25-27)15-10-12-16(13-11-15)28-22-24-17-7-4-5-8-18(17)26(22)2/h4-14H,3H2,1-2H3. The van der Waals surface area contributed by atoms with Gasteiger partial charge in [-0.2, -0.15) is 10.1 Å². The lowest BCUT2D eigenvalue weighted by Gasteiger charge is -2.06. The van der Waals surface area contributed by atoms with Gasteiger partial charge < -0.3 is 4.74 Å². The Kier molecular flexibility index (Phi) is 3.83. The number of hydrogen-bond donors (Lipinski definition) is 0. The summed E-state index contributed by atoms with van der Waals surface area (Å²) in [5.74, 6) is 0.731. The van der Waals surface area contributed by atoms with E-state index in [1.807, 2.05) is 77.0 Å². The first-order valence-electron chi connectivity index (χ1n) is 9.26. The predicted octanol–water partition coefficient (Wildman–Crippen LogP) is 4.80. The van der Waals surface area contributed by atoms with Gasteiger partial charge in [-0.1, -0.05) is 12.1 Å². The smallest absolute Gasteiger partial charge is 0.302 e. The van der Waals surface area contributed by atoms with Crippen molar-refractivity contribution < 1.29 is 4.74 Å². The fourth-order valence-electron chi connectivity index (χ4n) is 3.45. The average molecular weight is 369 g/mol. The van der Waals surface area contributed by atoms with Crippen LogP contribution >= 0.6 is 0 Å². The molecule has 0 saturated heterocycles. The van der Waals surface area contributed by atoms with E-state index in [1.54, 1.807) is 6.20 Å². The van der Waals surface area contributed by atoms with Gasteiger partial charge in [-0.3, -0.25) is 14.2 Å². The van der Waals surface area contributed by atoms with Crippen LogP contribution in [0.3, 0.4) is 0 Å². The molecule has 0 aliphatic carbocycles. The fourth-order valence-corrected chi connectivity index (χ4v) is 3.45. The number of pyridine rings is 1. The zero-order valence-corrected chi connectivity index (χ0v) is 15.7. The van der Waals surface area contributed by atoms with Crippen LogP contribution in [0.15, 0.2) is 66.9 Å². The molecule has 0 aliphatic rings. The number of imidazole rings is 1. The van der Waals surface area contributed by atoms with Crippen molar-refractivity contribution in [2.45, 2.75) is 13.5 Å². The van der Waals surface area contributed by atoms with Crippen molar-refractivity contribution in [3.63, 3.8) is 0 Å². The first-order valence-corrected chi connectivity index (χ1v) is 9.26. The molecule has 5 aromatic rings. The second-order valence-electron chi connectivity index (χ2n) is 6.60. The van der Waals surface area contributed by atoms with E-state index in [0.29, 0.717) is 6.01 Å². The highest BCUT2D eigenvalue weighted by atomic mass is 16.5. The van der Waals surface area contributed by atoms with Gasteiger partial charge in [0.05, 0.1) is 16.6 Å². The lowest BCUT2D eigenvalue weighted by molar-refractivity contribution is 0.428. The molecule has 5 rings (SSSR count). The Morgan fingerprint density at radius 2 is 1.71 bits per heavy atom. The van der Waals surface area contributed by atoms with Gasteiger partial charge in [0.25, 0.3) is 0 Å². The number of ether oxygens (including phenoxy) is 1. The molecule has 3 heterocycles. The molecule has 0 saturated carbocycles. The second-order valence-corrected chi connectivity index (χ2v) is 6.60. The summed E-state index contributed by atoms with van der Waals surface area (Å²) in [7, 11) is 1.95. The summed E-state index contributed by atoms with van der Waals surface area (Å²) in [6, 6.07) is 20.4. The quantitative estimate of drug-likeness (QED) is 0.457. The molecule has 0 N–H and O–H groups in total. The summed E-state index contributed by atoms with van der Waals surface area (Å²) >= 11 is 0. The summed E-state index contributed by atoms with van der Waals surface area (Å²) < 4.78 is 9.93. The van der Waals surface area contributed by atoms with E-state index in [0.717, 1.165) is 45.6 Å². The zero-order valence-electron chi connectivity index (χ0n) is 15.7. The molecule has 0 aliphatic heterocycles. The van der Waals surface area contributed by atoms with Gasteiger partial charge in [0.1, 0.15) is 17.0 Å². The molecular formula is C22H19N5O. The van der Waals surface area contributed by atoms with E-state index < -0.39 is 0 Å². The van der Waals surface area contributed by atoms with E-state index in [-0.39, 0.29) is 0 Å². The highest BCUT2D eigenvalue weighted by Gasteiger charge is 2.13. The third kappa shape index (κ3) is 2.62. The largest absolute Gasteiger partial charge is 0.426 e. The Morgan fingerprint density at radius 3 is 2.50 bits per heavy atom. The van der Waals surface area contributed by atoms with Crippen LogP contribution in [-0.2, 0) is 13.6 Å². The van der Waals surface area contributed by atoms with Crippen molar-refractivity contribution in [3.05, 3.63) is 66.9 Å². The summed E-state index contributed by atoms with van der Waals surface area (Å²) in [6.07, 6.45) is 1.80. The average Bonchev–Trinajstić information content (AvgIpc) is 3.27. The lowest BCUT2D eigenvalue weighted by Crippen LogP contribution is -1.96. The SMILES string of the molecule is CCn1nc(-c2ccc(Oc3nc4ccccc4n3C)cc2)c2ncccc21. The van der Waals surface area contributed by atoms with Crippen molar-refractivity contribution in [1.29, 1.82) is 0 Å². The first-order chi connectivity index (χ1) is 13.7. The van der Waals surface area contributed by atoms with Gasteiger partial charge in [-0.05, 0) is 55.5 Å². The molecule has 3 aromatic heterocycles. The molecule has 0 amide bonds. The Labute approximate surface area is 162 Å². The van der Waals surface area contributed by atoms with E-state index >= 15 is 0 Å². The lowest BCUT2D eigenvalue weighted by atomic mass is 10.1. The molecule has 0 spiro atoms. The molecule has 0 unspecified atom stereocenters. The van der Waals surface area contributed by atoms with Gasteiger partial charge in [0, 0.05) is 25.4 Å². The molecule has 28 heavy (non-hydrogen) atoms. The molecular weight excluding hydrogens is 350 g/mol. The highest BCUT2D eigenvalue weighted by Crippen LogP contribution is 2.30. The number of para-hydroxylation sites is 2. The van der Waals surface area contributed by atoms with Crippen LogP contribution in [-0.4, -0.2) is 24.3 Å². The maximum atomic E-state index is 6.01. The molecule has 0 atom stereocenters. The van der Waals surface area contributed by atoms with Gasteiger partial charge in [-0.15, -0.1) is 0 Å². The maximum Gasteiger partial charge on any atom is 0.302 e. The number of nitrogens with zero attached hydrogens (tertiary/aromatic N) is 5.